The van der Waals surface area contributed by atoms with Crippen LogP contribution in [0.25, 0.3) is 10.2 Å². The Morgan fingerprint density at radius 2 is 1.90 bits per heavy atom. The maximum atomic E-state index is 12.7. The lowest BCUT2D eigenvalue weighted by atomic mass is 10.1. The zero-order valence-electron chi connectivity index (χ0n) is 17.1. The average molecular weight is 439 g/mol. The van der Waals surface area contributed by atoms with Gasteiger partial charge in [-0.2, -0.15) is 0 Å². The number of benzene rings is 2. The maximum Gasteiger partial charge on any atom is 0.293 e. The molecule has 0 saturated carbocycles. The van der Waals surface area contributed by atoms with Crippen molar-refractivity contribution in [2.75, 3.05) is 36.4 Å². The quantitative estimate of drug-likeness (QED) is 0.493. The molecule has 0 bridgehead atoms. The zero-order valence-corrected chi connectivity index (χ0v) is 17.9. The third-order valence-corrected chi connectivity index (χ3v) is 6.28. The molecule has 1 fully saturated rings. The summed E-state index contributed by atoms with van der Waals surface area (Å²) in [6.45, 7) is 5.47. The number of thiazole rings is 1. The maximum absolute atomic E-state index is 12.7. The number of para-hydroxylation sites is 1. The summed E-state index contributed by atoms with van der Waals surface area (Å²) in [6, 6.07) is 10.3. The number of fused-ring (bicyclic) bond motifs is 1. The largest absolute Gasteiger partial charge is 0.362 e. The fourth-order valence-electron chi connectivity index (χ4n) is 3.65. The molecule has 1 aromatic heterocycles. The van der Waals surface area contributed by atoms with E-state index in [4.69, 9.17) is 0 Å². The van der Waals surface area contributed by atoms with Gasteiger partial charge in [0, 0.05) is 44.7 Å². The highest BCUT2D eigenvalue weighted by atomic mass is 32.1. The summed E-state index contributed by atoms with van der Waals surface area (Å²) in [7, 11) is 0. The van der Waals surface area contributed by atoms with Crippen molar-refractivity contribution < 1.29 is 14.5 Å². The number of nitro groups is 1. The summed E-state index contributed by atoms with van der Waals surface area (Å²) in [4.78, 5) is 43.5. The van der Waals surface area contributed by atoms with Crippen LogP contribution in [0.2, 0.25) is 0 Å². The van der Waals surface area contributed by atoms with Gasteiger partial charge in [-0.15, -0.1) is 0 Å². The minimum absolute atomic E-state index is 0.00814. The summed E-state index contributed by atoms with van der Waals surface area (Å²) in [5, 5.41) is 14.9. The van der Waals surface area contributed by atoms with E-state index in [9.17, 15) is 19.7 Å². The molecule has 1 aliphatic heterocycles. The number of piperazine rings is 1. The summed E-state index contributed by atoms with van der Waals surface area (Å²) in [6.07, 6.45) is 0. The number of rotatable bonds is 4. The topological polar surface area (TPSA) is 109 Å². The van der Waals surface area contributed by atoms with Crippen molar-refractivity contribution in [3.63, 3.8) is 0 Å². The summed E-state index contributed by atoms with van der Waals surface area (Å²) < 4.78 is 0.960. The number of amides is 2. The van der Waals surface area contributed by atoms with Gasteiger partial charge in [0.1, 0.15) is 5.69 Å². The minimum Gasteiger partial charge on any atom is -0.362 e. The van der Waals surface area contributed by atoms with E-state index in [0.717, 1.165) is 15.8 Å². The minimum atomic E-state index is -0.482. The fraction of sp³-hybridized carbons (Fsp3) is 0.286. The molecule has 0 aliphatic carbocycles. The molecule has 2 aromatic carbocycles. The van der Waals surface area contributed by atoms with Crippen molar-refractivity contribution in [3.8, 4) is 0 Å². The van der Waals surface area contributed by atoms with E-state index in [1.807, 2.05) is 30.0 Å². The van der Waals surface area contributed by atoms with Crippen LogP contribution in [0.1, 0.15) is 22.8 Å². The van der Waals surface area contributed by atoms with E-state index < -0.39 is 10.8 Å². The molecule has 31 heavy (non-hydrogen) atoms. The Kier molecular flexibility index (Phi) is 5.55. The second-order valence-electron chi connectivity index (χ2n) is 7.35. The molecule has 160 valence electrons. The SMILES string of the molecule is CC(=O)N1CCN(c2ccc(C(=O)Nc3nc4c(C)cccc4s3)cc2[N+](=O)[O-])CC1. The van der Waals surface area contributed by atoms with Crippen LogP contribution in [0.5, 0.6) is 0 Å². The Morgan fingerprint density at radius 3 is 2.55 bits per heavy atom. The van der Waals surface area contributed by atoms with Crippen LogP contribution in [-0.4, -0.2) is 52.8 Å². The molecule has 10 heteroatoms. The number of nitrogens with one attached hydrogen (secondary N) is 1. The van der Waals surface area contributed by atoms with E-state index in [0.29, 0.717) is 37.0 Å². The number of hydrogen-bond acceptors (Lipinski definition) is 7. The van der Waals surface area contributed by atoms with Gasteiger partial charge < -0.3 is 9.80 Å². The van der Waals surface area contributed by atoms with E-state index in [2.05, 4.69) is 10.3 Å². The van der Waals surface area contributed by atoms with Crippen LogP contribution in [-0.2, 0) is 4.79 Å². The molecule has 1 aliphatic rings. The molecule has 0 spiro atoms. The highest BCUT2D eigenvalue weighted by Crippen LogP contribution is 2.32. The van der Waals surface area contributed by atoms with Gasteiger partial charge in [-0.05, 0) is 30.7 Å². The van der Waals surface area contributed by atoms with Crippen molar-refractivity contribution in [2.24, 2.45) is 0 Å². The van der Waals surface area contributed by atoms with Crippen LogP contribution in [0.3, 0.4) is 0 Å². The second-order valence-corrected chi connectivity index (χ2v) is 8.38. The van der Waals surface area contributed by atoms with Crippen LogP contribution in [0.15, 0.2) is 36.4 Å². The van der Waals surface area contributed by atoms with Crippen LogP contribution < -0.4 is 10.2 Å². The number of carbonyl (C=O) groups excluding carboxylic acids is 2. The monoisotopic (exact) mass is 439 g/mol. The van der Waals surface area contributed by atoms with Gasteiger partial charge in [-0.25, -0.2) is 4.98 Å². The number of aryl methyl sites for hydroxylation is 1. The number of nitrogens with zero attached hydrogens (tertiary/aromatic N) is 4. The first-order valence-corrected chi connectivity index (χ1v) is 10.6. The summed E-state index contributed by atoms with van der Waals surface area (Å²) >= 11 is 1.36. The first-order chi connectivity index (χ1) is 14.8. The first-order valence-electron chi connectivity index (χ1n) is 9.80. The lowest BCUT2D eigenvalue weighted by molar-refractivity contribution is -0.384. The molecule has 9 nitrogen and oxygen atoms in total. The Hall–Kier alpha value is -3.53. The molecule has 1 N–H and O–H groups in total. The van der Waals surface area contributed by atoms with Crippen LogP contribution >= 0.6 is 11.3 Å². The van der Waals surface area contributed by atoms with Crippen molar-refractivity contribution in [1.29, 1.82) is 0 Å². The molecular formula is C21H21N5O4S. The molecule has 0 radical (unpaired) electrons. The normalized spacial score (nSPS) is 14.0. The van der Waals surface area contributed by atoms with Crippen molar-refractivity contribution >= 4 is 49.9 Å². The number of carbonyl (C=O) groups is 2. The number of anilines is 2. The molecule has 1 saturated heterocycles. The predicted molar refractivity (Wildman–Crippen MR) is 120 cm³/mol. The number of aromatic nitrogens is 1. The molecule has 0 unspecified atom stereocenters. The van der Waals surface area contributed by atoms with Gasteiger partial charge in [-0.1, -0.05) is 23.5 Å². The summed E-state index contributed by atoms with van der Waals surface area (Å²) in [5.41, 5.74) is 2.34. The Labute approximate surface area is 182 Å². The van der Waals surface area contributed by atoms with Gasteiger partial charge in [0.2, 0.25) is 5.91 Å². The third-order valence-electron chi connectivity index (χ3n) is 5.34. The van der Waals surface area contributed by atoms with Gasteiger partial charge in [0.15, 0.2) is 5.13 Å². The van der Waals surface area contributed by atoms with E-state index in [1.54, 1.807) is 17.0 Å². The molecule has 3 aromatic rings. The third kappa shape index (κ3) is 4.19. The average Bonchev–Trinajstić information content (AvgIpc) is 3.17. The first kappa shape index (κ1) is 20.7. The van der Waals surface area contributed by atoms with Gasteiger partial charge in [0.05, 0.1) is 15.1 Å². The molecule has 4 rings (SSSR count). The van der Waals surface area contributed by atoms with Crippen LogP contribution in [0.4, 0.5) is 16.5 Å². The number of nitro benzene ring substituents is 1. The van der Waals surface area contributed by atoms with E-state index in [-0.39, 0.29) is 17.2 Å². The lowest BCUT2D eigenvalue weighted by Gasteiger charge is -2.35. The molecule has 2 heterocycles. The predicted octanol–water partition coefficient (Wildman–Crippen LogP) is 3.43. The molecule has 0 atom stereocenters. The van der Waals surface area contributed by atoms with Crippen molar-refractivity contribution in [3.05, 3.63) is 57.6 Å². The van der Waals surface area contributed by atoms with E-state index in [1.165, 1.54) is 24.3 Å². The Bertz CT molecular complexity index is 1180. The second kappa shape index (κ2) is 8.31. The standard InChI is InChI=1S/C21H21N5O4S/c1-13-4-3-5-18-19(13)22-21(31-18)23-20(28)15-6-7-16(17(12-15)26(29)30)25-10-8-24(9-11-25)14(2)27/h3-7,12H,8-11H2,1-2H3,(H,22,23,28). The number of hydrogen-bond donors (Lipinski definition) is 1. The fourth-order valence-corrected chi connectivity index (χ4v) is 4.59. The van der Waals surface area contributed by atoms with Crippen molar-refractivity contribution in [2.45, 2.75) is 13.8 Å². The van der Waals surface area contributed by atoms with Gasteiger partial charge in [0.25, 0.3) is 11.6 Å². The smallest absolute Gasteiger partial charge is 0.293 e. The zero-order chi connectivity index (χ0) is 22.1. The van der Waals surface area contributed by atoms with Crippen molar-refractivity contribution in [1.82, 2.24) is 9.88 Å². The Morgan fingerprint density at radius 1 is 1.16 bits per heavy atom. The summed E-state index contributed by atoms with van der Waals surface area (Å²) in [5.74, 6) is -0.459. The van der Waals surface area contributed by atoms with Gasteiger partial charge >= 0.3 is 0 Å². The molecule has 2 amide bonds. The lowest BCUT2D eigenvalue weighted by Crippen LogP contribution is -2.48. The Balaban J connectivity index is 1.55. The highest BCUT2D eigenvalue weighted by molar-refractivity contribution is 7.22. The van der Waals surface area contributed by atoms with Gasteiger partial charge in [-0.3, -0.25) is 25.0 Å². The van der Waals surface area contributed by atoms with E-state index >= 15 is 0 Å². The van der Waals surface area contributed by atoms with Crippen LogP contribution in [0, 0.1) is 17.0 Å². The highest BCUT2D eigenvalue weighted by Gasteiger charge is 2.26. The molecular weight excluding hydrogens is 418 g/mol.